The first-order chi connectivity index (χ1) is 15.7. The summed E-state index contributed by atoms with van der Waals surface area (Å²) in [5.74, 6) is 0.715. The molecule has 0 aliphatic carbocycles. The van der Waals surface area contributed by atoms with E-state index < -0.39 is 0 Å². The van der Waals surface area contributed by atoms with Crippen molar-refractivity contribution in [3.63, 3.8) is 0 Å². The number of phenolic OH excluding ortho intramolecular Hbond substituents is 2. The zero-order chi connectivity index (χ0) is 21.9. The summed E-state index contributed by atoms with van der Waals surface area (Å²) in [6.07, 6.45) is 4.88. The molecule has 1 heterocycles. The summed E-state index contributed by atoms with van der Waals surface area (Å²) >= 11 is 0. The zero-order valence-electron chi connectivity index (χ0n) is 17.1. The van der Waals surface area contributed by atoms with Crippen LogP contribution in [0.5, 0.6) is 11.5 Å². The lowest BCUT2D eigenvalue weighted by atomic mass is 10.0. The van der Waals surface area contributed by atoms with Crippen LogP contribution in [0.15, 0.2) is 101 Å². The molecule has 5 rings (SSSR count). The summed E-state index contributed by atoms with van der Waals surface area (Å²) in [7, 11) is 0. The first-order valence-electron chi connectivity index (χ1n) is 10.2. The summed E-state index contributed by atoms with van der Waals surface area (Å²) in [6, 6.07) is 26.3. The van der Waals surface area contributed by atoms with Crippen LogP contribution in [0, 0.1) is 0 Å². The van der Waals surface area contributed by atoms with E-state index in [1.807, 2.05) is 60.7 Å². The van der Waals surface area contributed by atoms with E-state index in [0.29, 0.717) is 22.6 Å². The molecule has 0 saturated heterocycles. The predicted molar refractivity (Wildman–Crippen MR) is 130 cm³/mol. The quantitative estimate of drug-likeness (QED) is 0.337. The maximum absolute atomic E-state index is 10.4. The van der Waals surface area contributed by atoms with E-state index in [4.69, 9.17) is 0 Å². The van der Waals surface area contributed by atoms with Crippen LogP contribution in [0.3, 0.4) is 0 Å². The van der Waals surface area contributed by atoms with Gasteiger partial charge in [0.05, 0.1) is 0 Å². The number of benzene rings is 4. The van der Waals surface area contributed by atoms with E-state index in [9.17, 15) is 10.2 Å². The molecule has 0 spiro atoms. The van der Waals surface area contributed by atoms with Crippen molar-refractivity contribution >= 4 is 45.5 Å². The van der Waals surface area contributed by atoms with Gasteiger partial charge in [0.25, 0.3) is 0 Å². The number of phenols is 2. The van der Waals surface area contributed by atoms with E-state index >= 15 is 0 Å². The van der Waals surface area contributed by atoms with Crippen LogP contribution < -0.4 is 0 Å². The van der Waals surface area contributed by atoms with Crippen LogP contribution in [0.25, 0.3) is 21.5 Å². The maximum atomic E-state index is 10.4. The molecule has 4 aromatic carbocycles. The molecule has 2 N–H and O–H groups in total. The van der Waals surface area contributed by atoms with Crippen LogP contribution >= 0.6 is 0 Å². The van der Waals surface area contributed by atoms with Crippen LogP contribution in [-0.4, -0.2) is 27.6 Å². The minimum Gasteiger partial charge on any atom is -0.507 e. The van der Waals surface area contributed by atoms with Crippen LogP contribution in [0.1, 0.15) is 11.1 Å². The van der Waals surface area contributed by atoms with Crippen LogP contribution in [-0.2, 0) is 0 Å². The number of nitrogens with zero attached hydrogens (tertiary/aromatic N) is 3. The van der Waals surface area contributed by atoms with Crippen molar-refractivity contribution in [1.29, 1.82) is 0 Å². The molecule has 5 aromatic rings. The SMILES string of the molecule is Oc1ccc2ccccc2c1C=Nc1cccnc1/N=C/c1c(O)ccc2ccccc12. The predicted octanol–water partition coefficient (Wildman–Crippen LogP) is 6.30. The van der Waals surface area contributed by atoms with Gasteiger partial charge in [-0.3, -0.25) is 4.99 Å². The number of rotatable bonds is 4. The molecule has 0 fully saturated rings. The minimum atomic E-state index is 0.147. The van der Waals surface area contributed by atoms with Gasteiger partial charge in [-0.25, -0.2) is 9.98 Å². The van der Waals surface area contributed by atoms with Crippen molar-refractivity contribution in [2.24, 2.45) is 9.98 Å². The smallest absolute Gasteiger partial charge is 0.178 e. The molecule has 0 amide bonds. The fourth-order valence-corrected chi connectivity index (χ4v) is 3.69. The maximum Gasteiger partial charge on any atom is 0.178 e. The second-order valence-corrected chi connectivity index (χ2v) is 7.30. The highest BCUT2D eigenvalue weighted by Gasteiger charge is 2.07. The molecule has 0 unspecified atom stereocenters. The van der Waals surface area contributed by atoms with Gasteiger partial charge >= 0.3 is 0 Å². The molecule has 0 saturated carbocycles. The van der Waals surface area contributed by atoms with Crippen molar-refractivity contribution in [3.8, 4) is 11.5 Å². The first-order valence-corrected chi connectivity index (χ1v) is 10.2. The van der Waals surface area contributed by atoms with Gasteiger partial charge in [-0.1, -0.05) is 60.7 Å². The van der Waals surface area contributed by atoms with Gasteiger partial charge in [-0.05, 0) is 45.8 Å². The molecule has 32 heavy (non-hydrogen) atoms. The molecule has 0 aliphatic heterocycles. The Kier molecular flexibility index (Phi) is 5.06. The van der Waals surface area contributed by atoms with E-state index in [2.05, 4.69) is 15.0 Å². The van der Waals surface area contributed by atoms with E-state index in [1.165, 1.54) is 0 Å². The van der Waals surface area contributed by atoms with E-state index in [0.717, 1.165) is 21.5 Å². The Balaban J connectivity index is 1.54. The van der Waals surface area contributed by atoms with Gasteiger partial charge in [-0.15, -0.1) is 0 Å². The average Bonchev–Trinajstić information content (AvgIpc) is 2.83. The molecule has 154 valence electrons. The fraction of sp³-hybridized carbons (Fsp3) is 0. The van der Waals surface area contributed by atoms with Crippen molar-refractivity contribution in [1.82, 2.24) is 4.98 Å². The first kappa shape index (κ1) is 19.5. The molecule has 1 aromatic heterocycles. The minimum absolute atomic E-state index is 0.147. The van der Waals surface area contributed by atoms with Gasteiger partial charge in [0.1, 0.15) is 17.2 Å². The third-order valence-corrected chi connectivity index (χ3v) is 5.31. The number of hydrogen-bond acceptors (Lipinski definition) is 5. The summed E-state index contributed by atoms with van der Waals surface area (Å²) in [4.78, 5) is 13.4. The standard InChI is InChI=1S/C27H19N3O2/c31-25-13-11-18-6-1-3-8-20(18)22(25)16-29-24-10-5-15-28-27(24)30-17-23-21-9-4-2-7-19(21)12-14-26(23)32/h1-17,31-32H/b29-16?,30-17+. The topological polar surface area (TPSA) is 78.1 Å². The number of aromatic nitrogens is 1. The van der Waals surface area contributed by atoms with Gasteiger partial charge in [0.15, 0.2) is 5.82 Å². The number of aromatic hydroxyl groups is 2. The third-order valence-electron chi connectivity index (χ3n) is 5.31. The Morgan fingerprint density at radius 1 is 0.594 bits per heavy atom. The monoisotopic (exact) mass is 417 g/mol. The Morgan fingerprint density at radius 2 is 1.16 bits per heavy atom. The molecule has 0 atom stereocenters. The fourth-order valence-electron chi connectivity index (χ4n) is 3.69. The largest absolute Gasteiger partial charge is 0.507 e. The summed E-state index contributed by atoms with van der Waals surface area (Å²) < 4.78 is 0. The lowest BCUT2D eigenvalue weighted by Gasteiger charge is -2.06. The summed E-state index contributed by atoms with van der Waals surface area (Å²) in [5.41, 5.74) is 1.81. The van der Waals surface area contributed by atoms with Gasteiger partial charge in [0, 0.05) is 29.8 Å². The van der Waals surface area contributed by atoms with Crippen molar-refractivity contribution in [3.05, 3.63) is 102 Å². The van der Waals surface area contributed by atoms with Crippen LogP contribution in [0.2, 0.25) is 0 Å². The highest BCUT2D eigenvalue weighted by Crippen LogP contribution is 2.30. The molecule has 0 bridgehead atoms. The number of fused-ring (bicyclic) bond motifs is 2. The number of pyridine rings is 1. The normalized spacial score (nSPS) is 11.8. The Bertz CT molecular complexity index is 1390. The van der Waals surface area contributed by atoms with Crippen LogP contribution in [0.4, 0.5) is 11.5 Å². The number of hydrogen-bond donors (Lipinski definition) is 2. The molecular formula is C27H19N3O2. The molecular weight excluding hydrogens is 398 g/mol. The lowest BCUT2D eigenvalue weighted by molar-refractivity contribution is 0.475. The molecule has 5 heteroatoms. The van der Waals surface area contributed by atoms with Gasteiger partial charge in [0.2, 0.25) is 0 Å². The summed E-state index contributed by atoms with van der Waals surface area (Å²) in [6.45, 7) is 0. The Morgan fingerprint density at radius 3 is 1.78 bits per heavy atom. The summed E-state index contributed by atoms with van der Waals surface area (Å²) in [5, 5.41) is 24.6. The molecule has 5 nitrogen and oxygen atoms in total. The van der Waals surface area contributed by atoms with E-state index in [-0.39, 0.29) is 11.5 Å². The second-order valence-electron chi connectivity index (χ2n) is 7.30. The van der Waals surface area contributed by atoms with Crippen molar-refractivity contribution in [2.75, 3.05) is 0 Å². The lowest BCUT2D eigenvalue weighted by Crippen LogP contribution is -1.87. The van der Waals surface area contributed by atoms with Crippen molar-refractivity contribution in [2.45, 2.75) is 0 Å². The molecule has 0 aliphatic rings. The Hall–Kier alpha value is -4.51. The third kappa shape index (κ3) is 3.68. The highest BCUT2D eigenvalue weighted by atomic mass is 16.3. The average molecular weight is 417 g/mol. The number of aliphatic imine (C=N–C) groups is 2. The highest BCUT2D eigenvalue weighted by molar-refractivity contribution is 6.04. The zero-order valence-corrected chi connectivity index (χ0v) is 17.1. The van der Waals surface area contributed by atoms with E-state index in [1.54, 1.807) is 42.9 Å². The molecule has 0 radical (unpaired) electrons. The Labute approximate surface area is 184 Å². The van der Waals surface area contributed by atoms with Crippen molar-refractivity contribution < 1.29 is 10.2 Å². The van der Waals surface area contributed by atoms with Gasteiger partial charge in [-0.2, -0.15) is 0 Å². The van der Waals surface area contributed by atoms with Gasteiger partial charge < -0.3 is 10.2 Å². The second kappa shape index (κ2) is 8.32.